The molecule has 0 aromatic heterocycles. The maximum Gasteiger partial charge on any atom is 0.312 e. The van der Waals surface area contributed by atoms with Gasteiger partial charge in [-0.1, -0.05) is 24.3 Å². The molecule has 0 bridgehead atoms. The third-order valence-corrected chi connectivity index (χ3v) is 3.17. The average Bonchev–Trinajstić information content (AvgIpc) is 2.15. The monoisotopic (exact) mass is 257 g/mol. The summed E-state index contributed by atoms with van der Waals surface area (Å²) in [6.45, 7) is -0.0162. The lowest BCUT2D eigenvalue weighted by Gasteiger charge is -2.11. The van der Waals surface area contributed by atoms with Crippen LogP contribution in [0.25, 0.3) is 0 Å². The van der Waals surface area contributed by atoms with E-state index in [0.717, 1.165) is 6.26 Å². The van der Waals surface area contributed by atoms with Gasteiger partial charge in [0.2, 0.25) is 0 Å². The van der Waals surface area contributed by atoms with Crippen molar-refractivity contribution in [3.05, 3.63) is 35.4 Å². The zero-order chi connectivity index (χ0) is 13.1. The van der Waals surface area contributed by atoms with Crippen molar-refractivity contribution >= 4 is 15.8 Å². The number of rotatable bonds is 5. The zero-order valence-electron chi connectivity index (χ0n) is 9.46. The molecular weight excluding hydrogens is 242 g/mol. The Labute approximate surface area is 100 Å². The molecule has 1 aromatic rings. The van der Waals surface area contributed by atoms with Crippen LogP contribution in [0.3, 0.4) is 0 Å². The highest BCUT2D eigenvalue weighted by Crippen LogP contribution is 2.17. The highest BCUT2D eigenvalue weighted by atomic mass is 32.2. The number of hydrogen-bond donors (Lipinski definition) is 2. The second-order valence-electron chi connectivity index (χ2n) is 3.94. The van der Waals surface area contributed by atoms with Crippen molar-refractivity contribution < 1.29 is 18.3 Å². The van der Waals surface area contributed by atoms with E-state index in [9.17, 15) is 13.2 Å². The fourth-order valence-electron chi connectivity index (χ4n) is 1.58. The molecule has 0 aliphatic rings. The third kappa shape index (κ3) is 4.16. The largest absolute Gasteiger partial charge is 0.481 e. The Morgan fingerprint density at radius 1 is 1.47 bits per heavy atom. The molecule has 0 spiro atoms. The lowest BCUT2D eigenvalue weighted by atomic mass is 9.98. The molecule has 1 rings (SSSR count). The van der Waals surface area contributed by atoms with E-state index in [2.05, 4.69) is 0 Å². The first kappa shape index (κ1) is 13.7. The van der Waals surface area contributed by atoms with Crippen LogP contribution in [0.4, 0.5) is 0 Å². The molecule has 0 heterocycles. The van der Waals surface area contributed by atoms with Crippen molar-refractivity contribution in [1.82, 2.24) is 0 Å². The van der Waals surface area contributed by atoms with Crippen LogP contribution in [0.1, 0.15) is 17.0 Å². The Bertz CT molecular complexity index is 510. The number of hydrogen-bond acceptors (Lipinski definition) is 4. The number of carboxylic acids is 1. The van der Waals surface area contributed by atoms with E-state index in [0.29, 0.717) is 11.1 Å². The Morgan fingerprint density at radius 2 is 2.12 bits per heavy atom. The molecule has 0 saturated carbocycles. The van der Waals surface area contributed by atoms with Gasteiger partial charge in [0.15, 0.2) is 9.84 Å². The van der Waals surface area contributed by atoms with Crippen LogP contribution in [-0.4, -0.2) is 32.3 Å². The molecule has 17 heavy (non-hydrogen) atoms. The fourth-order valence-corrected chi connectivity index (χ4v) is 2.37. The summed E-state index contributed by atoms with van der Waals surface area (Å²) in [5, 5.41) is 8.95. The molecule has 5 nitrogen and oxygen atoms in total. The maximum absolute atomic E-state index is 11.1. The lowest BCUT2D eigenvalue weighted by Crippen LogP contribution is -2.21. The Morgan fingerprint density at radius 3 is 2.59 bits per heavy atom. The predicted octanol–water partition coefficient (Wildman–Crippen LogP) is 0.358. The number of nitrogens with two attached hydrogens (primary N) is 1. The molecule has 0 aliphatic heterocycles. The van der Waals surface area contributed by atoms with Crippen molar-refractivity contribution in [3.8, 4) is 0 Å². The van der Waals surface area contributed by atoms with Gasteiger partial charge in [-0.05, 0) is 11.1 Å². The van der Waals surface area contributed by atoms with Crippen molar-refractivity contribution in [3.63, 3.8) is 0 Å². The molecule has 1 aromatic carbocycles. The van der Waals surface area contributed by atoms with Gasteiger partial charge >= 0.3 is 5.97 Å². The first-order chi connectivity index (χ1) is 7.83. The second kappa shape index (κ2) is 5.29. The van der Waals surface area contributed by atoms with Gasteiger partial charge in [-0.2, -0.15) is 0 Å². The van der Waals surface area contributed by atoms with Crippen LogP contribution in [0, 0.1) is 0 Å². The minimum atomic E-state index is -3.13. The summed E-state index contributed by atoms with van der Waals surface area (Å²) < 4.78 is 22.3. The normalized spacial score (nSPS) is 13.3. The first-order valence-electron chi connectivity index (χ1n) is 5.03. The lowest BCUT2D eigenvalue weighted by molar-refractivity contribution is -0.138. The molecule has 0 saturated heterocycles. The van der Waals surface area contributed by atoms with E-state index >= 15 is 0 Å². The van der Waals surface area contributed by atoms with Gasteiger partial charge in [0, 0.05) is 12.8 Å². The summed E-state index contributed by atoms with van der Waals surface area (Å²) in [6.07, 6.45) is 1.14. The number of benzene rings is 1. The highest BCUT2D eigenvalue weighted by molar-refractivity contribution is 7.89. The Kier molecular flexibility index (Phi) is 4.25. The molecule has 1 atom stereocenters. The summed E-state index contributed by atoms with van der Waals surface area (Å²) in [5.41, 5.74) is 6.49. The van der Waals surface area contributed by atoms with Gasteiger partial charge in [-0.25, -0.2) is 8.42 Å². The minimum Gasteiger partial charge on any atom is -0.481 e. The molecule has 0 aliphatic carbocycles. The molecule has 0 amide bonds. The minimum absolute atomic E-state index is 0.0162. The molecule has 3 N–H and O–H groups in total. The van der Waals surface area contributed by atoms with Gasteiger partial charge in [0.05, 0.1) is 11.7 Å². The summed E-state index contributed by atoms with van der Waals surface area (Å²) in [5.74, 6) is -1.91. The Balaban J connectivity index is 3.04. The third-order valence-electron chi connectivity index (χ3n) is 2.32. The number of carboxylic acid groups (broad SMARTS) is 1. The SMILES string of the molecule is CS(=O)(=O)Cc1cccc(C(CN)C(=O)O)c1. The Hall–Kier alpha value is -1.40. The van der Waals surface area contributed by atoms with Crippen molar-refractivity contribution in [2.45, 2.75) is 11.7 Å². The predicted molar refractivity (Wildman–Crippen MR) is 64.4 cm³/mol. The van der Waals surface area contributed by atoms with E-state index < -0.39 is 21.7 Å². The summed E-state index contributed by atoms with van der Waals surface area (Å²) in [4.78, 5) is 10.9. The van der Waals surface area contributed by atoms with Crippen molar-refractivity contribution in [2.75, 3.05) is 12.8 Å². The van der Waals surface area contributed by atoms with Gasteiger partial charge in [0.25, 0.3) is 0 Å². The van der Waals surface area contributed by atoms with E-state index in [1.165, 1.54) is 0 Å². The van der Waals surface area contributed by atoms with Crippen LogP contribution in [-0.2, 0) is 20.4 Å². The molecule has 6 heteroatoms. The summed E-state index contributed by atoms with van der Waals surface area (Å²) in [6, 6.07) is 6.51. The molecule has 1 unspecified atom stereocenters. The molecule has 0 fully saturated rings. The van der Waals surface area contributed by atoms with Crippen LogP contribution >= 0.6 is 0 Å². The van der Waals surface area contributed by atoms with E-state index in [-0.39, 0.29) is 12.3 Å². The number of carbonyl (C=O) groups is 1. The summed E-state index contributed by atoms with van der Waals surface area (Å²) in [7, 11) is -3.13. The standard InChI is InChI=1S/C11H15NO4S/c1-17(15,16)7-8-3-2-4-9(5-8)10(6-12)11(13)14/h2-5,10H,6-7,12H2,1H3,(H,13,14). The van der Waals surface area contributed by atoms with Crippen molar-refractivity contribution in [2.24, 2.45) is 5.73 Å². The topological polar surface area (TPSA) is 97.5 Å². The van der Waals surface area contributed by atoms with Crippen molar-refractivity contribution in [1.29, 1.82) is 0 Å². The van der Waals surface area contributed by atoms with Gasteiger partial charge in [-0.15, -0.1) is 0 Å². The smallest absolute Gasteiger partial charge is 0.312 e. The highest BCUT2D eigenvalue weighted by Gasteiger charge is 2.18. The van der Waals surface area contributed by atoms with Crippen LogP contribution in [0.5, 0.6) is 0 Å². The zero-order valence-corrected chi connectivity index (χ0v) is 10.3. The quantitative estimate of drug-likeness (QED) is 0.793. The number of sulfone groups is 1. The summed E-state index contributed by atoms with van der Waals surface area (Å²) >= 11 is 0. The number of aliphatic carboxylic acids is 1. The van der Waals surface area contributed by atoms with Crippen LogP contribution < -0.4 is 5.73 Å². The van der Waals surface area contributed by atoms with E-state index in [1.54, 1.807) is 24.3 Å². The fraction of sp³-hybridized carbons (Fsp3) is 0.364. The maximum atomic E-state index is 11.1. The van der Waals surface area contributed by atoms with Crippen LogP contribution in [0.15, 0.2) is 24.3 Å². The van der Waals surface area contributed by atoms with E-state index in [4.69, 9.17) is 10.8 Å². The van der Waals surface area contributed by atoms with E-state index in [1.807, 2.05) is 0 Å². The second-order valence-corrected chi connectivity index (χ2v) is 6.08. The molecule has 94 valence electrons. The van der Waals surface area contributed by atoms with Gasteiger partial charge in [-0.3, -0.25) is 4.79 Å². The van der Waals surface area contributed by atoms with Gasteiger partial charge in [0.1, 0.15) is 0 Å². The van der Waals surface area contributed by atoms with Gasteiger partial charge < -0.3 is 10.8 Å². The van der Waals surface area contributed by atoms with Crippen LogP contribution in [0.2, 0.25) is 0 Å². The first-order valence-corrected chi connectivity index (χ1v) is 7.09. The average molecular weight is 257 g/mol. The molecular formula is C11H15NO4S. The molecule has 0 radical (unpaired) electrons.